The van der Waals surface area contributed by atoms with Crippen LogP contribution in [-0.4, -0.2) is 28.1 Å². The van der Waals surface area contributed by atoms with E-state index in [1.165, 1.54) is 0 Å². The van der Waals surface area contributed by atoms with Gasteiger partial charge in [-0.1, -0.05) is 55.0 Å². The summed E-state index contributed by atoms with van der Waals surface area (Å²) in [4.78, 5) is 39.7. The van der Waals surface area contributed by atoms with Gasteiger partial charge in [0.2, 0.25) is 11.8 Å². The Labute approximate surface area is 180 Å². The van der Waals surface area contributed by atoms with E-state index in [4.69, 9.17) is 0 Å². The molecule has 7 nitrogen and oxygen atoms in total. The molecular weight excluding hydrogens is 392 g/mol. The second-order valence-corrected chi connectivity index (χ2v) is 7.60. The summed E-state index contributed by atoms with van der Waals surface area (Å²) in [5, 5.41) is 7.08. The maximum Gasteiger partial charge on any atom is 0.291 e. The van der Waals surface area contributed by atoms with Crippen molar-refractivity contribution in [2.24, 2.45) is 0 Å². The molecule has 0 saturated carbocycles. The molecule has 1 N–H and O–H groups in total. The van der Waals surface area contributed by atoms with Crippen LogP contribution < -0.4 is 15.8 Å². The topological polar surface area (TPSA) is 84.3 Å². The number of nitrogens with one attached hydrogen (secondary N) is 1. The number of nitrogens with zero attached hydrogens (tertiary/aromatic N) is 3. The van der Waals surface area contributed by atoms with Crippen LogP contribution in [0.1, 0.15) is 24.5 Å². The average molecular weight is 416 g/mol. The molecule has 0 fully saturated rings. The summed E-state index contributed by atoms with van der Waals surface area (Å²) in [5.41, 5.74) is 4.01. The molecule has 2 heterocycles. The largest absolute Gasteiger partial charge is 0.321 e. The van der Waals surface area contributed by atoms with Gasteiger partial charge in [-0.05, 0) is 31.0 Å². The number of aromatic nitrogens is 2. The molecule has 1 aliphatic rings. The normalized spacial score (nSPS) is 12.5. The van der Waals surface area contributed by atoms with E-state index in [2.05, 4.69) is 10.4 Å². The van der Waals surface area contributed by atoms with Crippen molar-refractivity contribution in [2.75, 3.05) is 16.8 Å². The Kier molecular flexibility index (Phi) is 5.66. The van der Waals surface area contributed by atoms with Crippen molar-refractivity contribution in [2.45, 2.75) is 33.2 Å². The van der Waals surface area contributed by atoms with E-state index in [-0.39, 0.29) is 30.5 Å². The number of carbonyl (C=O) groups excluding carboxylic acids is 2. The molecule has 0 aliphatic carbocycles. The monoisotopic (exact) mass is 416 g/mol. The van der Waals surface area contributed by atoms with Gasteiger partial charge in [-0.2, -0.15) is 5.10 Å². The van der Waals surface area contributed by atoms with Gasteiger partial charge in [0.05, 0.1) is 5.69 Å². The van der Waals surface area contributed by atoms with Crippen molar-refractivity contribution in [1.29, 1.82) is 0 Å². The molecule has 31 heavy (non-hydrogen) atoms. The van der Waals surface area contributed by atoms with Crippen molar-refractivity contribution in [1.82, 2.24) is 9.78 Å². The third-order valence-electron chi connectivity index (χ3n) is 5.39. The second-order valence-electron chi connectivity index (χ2n) is 7.60. The number of rotatable bonds is 5. The van der Waals surface area contributed by atoms with Gasteiger partial charge >= 0.3 is 0 Å². The van der Waals surface area contributed by atoms with Crippen LogP contribution in [0.2, 0.25) is 0 Å². The first-order chi connectivity index (χ1) is 15.0. The number of aryl methyl sites for hydroxylation is 1. The maximum absolute atomic E-state index is 13.1. The smallest absolute Gasteiger partial charge is 0.291 e. The Bertz CT molecular complexity index is 1200. The average Bonchev–Trinajstić information content (AvgIpc) is 3.21. The van der Waals surface area contributed by atoms with Crippen molar-refractivity contribution in [3.8, 4) is 11.3 Å². The fraction of sp³-hybridized carbons (Fsp3) is 0.250. The third-order valence-corrected chi connectivity index (χ3v) is 5.39. The molecule has 0 spiro atoms. The molecule has 2 amide bonds. The summed E-state index contributed by atoms with van der Waals surface area (Å²) >= 11 is 0. The Hall–Kier alpha value is -3.74. The lowest BCUT2D eigenvalue weighted by atomic mass is 10.1. The van der Waals surface area contributed by atoms with Crippen LogP contribution in [0.3, 0.4) is 0 Å². The Balaban J connectivity index is 1.70. The fourth-order valence-electron chi connectivity index (χ4n) is 3.65. The molecule has 1 aromatic heterocycles. The van der Waals surface area contributed by atoms with Crippen LogP contribution in [-0.2, 0) is 22.6 Å². The number of carbonyl (C=O) groups is 2. The minimum atomic E-state index is -0.501. The zero-order valence-electron chi connectivity index (χ0n) is 17.6. The molecule has 0 radical (unpaired) electrons. The molecule has 3 aromatic rings. The molecule has 0 unspecified atom stereocenters. The fourth-order valence-corrected chi connectivity index (χ4v) is 3.65. The van der Waals surface area contributed by atoms with Gasteiger partial charge in [-0.25, -0.2) is 4.68 Å². The number of hydrogen-bond acceptors (Lipinski definition) is 4. The summed E-state index contributed by atoms with van der Waals surface area (Å²) in [6.07, 6.45) is 1.02. The van der Waals surface area contributed by atoms with Gasteiger partial charge in [-0.15, -0.1) is 0 Å². The summed E-state index contributed by atoms with van der Waals surface area (Å²) in [5.74, 6) is -0.488. The molecule has 0 saturated heterocycles. The first kappa shape index (κ1) is 20.5. The van der Waals surface area contributed by atoms with Gasteiger partial charge in [-0.3, -0.25) is 14.4 Å². The number of fused-ring (bicyclic) bond motifs is 1. The van der Waals surface area contributed by atoms with E-state index in [1.807, 2.05) is 55.5 Å². The molecular formula is C24H24N4O3. The quantitative estimate of drug-likeness (QED) is 0.693. The van der Waals surface area contributed by atoms with Crippen molar-refractivity contribution in [3.63, 3.8) is 0 Å². The van der Waals surface area contributed by atoms with Gasteiger partial charge in [0.15, 0.2) is 0 Å². The summed E-state index contributed by atoms with van der Waals surface area (Å²) < 4.78 is 1.14. The first-order valence-electron chi connectivity index (χ1n) is 10.3. The number of benzene rings is 2. The number of anilines is 2. The molecule has 4 rings (SSSR count). The molecule has 0 atom stereocenters. The summed E-state index contributed by atoms with van der Waals surface area (Å²) in [7, 11) is 0. The first-order valence-corrected chi connectivity index (χ1v) is 10.3. The highest BCUT2D eigenvalue weighted by Gasteiger charge is 2.25. The van der Waals surface area contributed by atoms with E-state index >= 15 is 0 Å². The Morgan fingerprint density at radius 3 is 2.58 bits per heavy atom. The molecule has 2 aromatic carbocycles. The van der Waals surface area contributed by atoms with Gasteiger partial charge in [0.25, 0.3) is 5.56 Å². The molecule has 7 heteroatoms. The number of amides is 2. The minimum Gasteiger partial charge on any atom is -0.321 e. The predicted octanol–water partition coefficient (Wildman–Crippen LogP) is 3.16. The molecule has 158 valence electrons. The van der Waals surface area contributed by atoms with Gasteiger partial charge in [0.1, 0.15) is 12.2 Å². The second kappa shape index (κ2) is 8.55. The van der Waals surface area contributed by atoms with Crippen LogP contribution >= 0.6 is 0 Å². The van der Waals surface area contributed by atoms with Crippen molar-refractivity contribution < 1.29 is 9.59 Å². The maximum atomic E-state index is 13.1. The van der Waals surface area contributed by atoms with E-state index in [0.29, 0.717) is 12.2 Å². The van der Waals surface area contributed by atoms with E-state index in [1.54, 1.807) is 17.9 Å². The van der Waals surface area contributed by atoms with Crippen LogP contribution in [0.25, 0.3) is 11.3 Å². The standard InChI is InChI=1S/C24H24N4O3/c1-3-22(29)25-20-14-19(17-10-8-16(2)9-11-17)26-28(24(20)31)15-23(30)27-13-12-18-6-4-5-7-21(18)27/h4-11,14H,3,12-13,15H2,1-2H3,(H,25,29). The Morgan fingerprint density at radius 2 is 1.84 bits per heavy atom. The van der Waals surface area contributed by atoms with E-state index in [0.717, 1.165) is 33.5 Å². The lowest BCUT2D eigenvalue weighted by Gasteiger charge is -2.18. The molecule has 0 bridgehead atoms. The minimum absolute atomic E-state index is 0.118. The summed E-state index contributed by atoms with van der Waals surface area (Å²) in [6, 6.07) is 17.0. The lowest BCUT2D eigenvalue weighted by molar-refractivity contribution is -0.119. The van der Waals surface area contributed by atoms with Crippen LogP contribution in [0, 0.1) is 6.92 Å². The number of hydrogen-bond donors (Lipinski definition) is 1. The Morgan fingerprint density at radius 1 is 1.10 bits per heavy atom. The van der Waals surface area contributed by atoms with E-state index in [9.17, 15) is 14.4 Å². The van der Waals surface area contributed by atoms with Gasteiger partial charge in [0, 0.05) is 24.2 Å². The van der Waals surface area contributed by atoms with Crippen molar-refractivity contribution >= 4 is 23.2 Å². The summed E-state index contributed by atoms with van der Waals surface area (Å²) in [6.45, 7) is 4.06. The highest BCUT2D eigenvalue weighted by molar-refractivity contribution is 5.95. The third kappa shape index (κ3) is 4.26. The highest BCUT2D eigenvalue weighted by atomic mass is 16.2. The lowest BCUT2D eigenvalue weighted by Crippen LogP contribution is -2.37. The zero-order valence-corrected chi connectivity index (χ0v) is 17.6. The van der Waals surface area contributed by atoms with Crippen LogP contribution in [0.5, 0.6) is 0 Å². The number of para-hydroxylation sites is 1. The SMILES string of the molecule is CCC(=O)Nc1cc(-c2ccc(C)cc2)nn(CC(=O)N2CCc3ccccc32)c1=O. The van der Waals surface area contributed by atoms with Crippen LogP contribution in [0.4, 0.5) is 11.4 Å². The highest BCUT2D eigenvalue weighted by Crippen LogP contribution is 2.27. The van der Waals surface area contributed by atoms with Gasteiger partial charge < -0.3 is 10.2 Å². The zero-order chi connectivity index (χ0) is 22.0. The van der Waals surface area contributed by atoms with Crippen LogP contribution in [0.15, 0.2) is 59.4 Å². The van der Waals surface area contributed by atoms with Crippen molar-refractivity contribution in [3.05, 3.63) is 76.1 Å². The molecule has 1 aliphatic heterocycles. The predicted molar refractivity (Wildman–Crippen MR) is 120 cm³/mol. The van der Waals surface area contributed by atoms with E-state index < -0.39 is 5.56 Å².